The fraction of sp³-hybridized carbons (Fsp3) is 0.343. The van der Waals surface area contributed by atoms with Gasteiger partial charge in [-0.3, -0.25) is 9.69 Å². The van der Waals surface area contributed by atoms with Crippen molar-refractivity contribution in [3.05, 3.63) is 90.4 Å². The maximum absolute atomic E-state index is 14.6. The summed E-state index contributed by atoms with van der Waals surface area (Å²) in [6.45, 7) is 9.98. The first-order valence-electron chi connectivity index (χ1n) is 14.8. The predicted octanol–water partition coefficient (Wildman–Crippen LogP) is 6.22. The zero-order valence-corrected chi connectivity index (χ0v) is 30.4. The van der Waals surface area contributed by atoms with Gasteiger partial charge in [-0.15, -0.1) is 0 Å². The van der Waals surface area contributed by atoms with Gasteiger partial charge in [0, 0.05) is 21.6 Å². The van der Waals surface area contributed by atoms with E-state index in [9.17, 15) is 24.0 Å². The van der Waals surface area contributed by atoms with E-state index in [-0.39, 0.29) is 31.6 Å². The van der Waals surface area contributed by atoms with Gasteiger partial charge >= 0.3 is 23.9 Å². The molecule has 10 nitrogen and oxygen atoms in total. The largest absolute Gasteiger partial charge is 0.466 e. The van der Waals surface area contributed by atoms with Crippen molar-refractivity contribution < 1.29 is 42.9 Å². The highest BCUT2D eigenvalue weighted by Gasteiger charge is 2.61. The quantitative estimate of drug-likeness (QED) is 0.259. The average Bonchev–Trinajstić information content (AvgIpc) is 3.46. The summed E-state index contributed by atoms with van der Waals surface area (Å²) in [5.41, 5.74) is 1.75. The van der Waals surface area contributed by atoms with Gasteiger partial charge in [-0.2, -0.15) is 0 Å². The van der Waals surface area contributed by atoms with E-state index >= 15 is 0 Å². The molecule has 48 heavy (non-hydrogen) atoms. The van der Waals surface area contributed by atoms with Crippen molar-refractivity contribution in [3.8, 4) is 0 Å². The van der Waals surface area contributed by atoms with E-state index in [0.717, 1.165) is 40.8 Å². The molecule has 1 spiro atoms. The molecular weight excluding hydrogens is 675 g/mol. The molecule has 3 aliphatic rings. The molecule has 2 aromatic rings. The van der Waals surface area contributed by atoms with Crippen molar-refractivity contribution in [2.45, 2.75) is 49.7 Å². The fourth-order valence-electron chi connectivity index (χ4n) is 5.87. The molecule has 1 amide bonds. The number of thioether (sulfide) groups is 3. The molecule has 252 valence electrons. The van der Waals surface area contributed by atoms with Crippen LogP contribution in [0.2, 0.25) is 0 Å². The molecule has 0 saturated heterocycles. The van der Waals surface area contributed by atoms with E-state index in [1.165, 1.54) is 28.4 Å². The molecule has 5 rings (SSSR count). The van der Waals surface area contributed by atoms with Gasteiger partial charge in [0.25, 0.3) is 5.91 Å². The standard InChI is InChI=1S/C35H35NO9S3/c1-33(2,3)19-16-14-18(15-17-19)28(37)36-21-13-11-10-12-20(21)22-27(34(36,4)5)46-24(30(39)43-7)23(29(38)42-6)35(22)47-25(31(40)44-8)26(48-35)32(41)45-9/h10-17H,1-9H3. The van der Waals surface area contributed by atoms with Gasteiger partial charge in [0.2, 0.25) is 0 Å². The van der Waals surface area contributed by atoms with Crippen molar-refractivity contribution in [2.75, 3.05) is 33.3 Å². The summed E-state index contributed by atoms with van der Waals surface area (Å²) in [5.74, 6) is -3.63. The van der Waals surface area contributed by atoms with Crippen LogP contribution in [-0.2, 0) is 43.5 Å². The Morgan fingerprint density at radius 3 is 1.69 bits per heavy atom. The van der Waals surface area contributed by atoms with E-state index in [1.807, 2.05) is 26.0 Å². The van der Waals surface area contributed by atoms with E-state index in [1.54, 1.807) is 41.3 Å². The lowest BCUT2D eigenvalue weighted by atomic mass is 9.83. The highest BCUT2D eigenvalue weighted by atomic mass is 32.2. The van der Waals surface area contributed by atoms with Crippen LogP contribution < -0.4 is 4.90 Å². The minimum Gasteiger partial charge on any atom is -0.466 e. The van der Waals surface area contributed by atoms with Crippen molar-refractivity contribution in [3.63, 3.8) is 0 Å². The average molecular weight is 710 g/mol. The van der Waals surface area contributed by atoms with Crippen LogP contribution in [0.4, 0.5) is 5.69 Å². The molecule has 0 radical (unpaired) electrons. The zero-order chi connectivity index (χ0) is 35.3. The maximum atomic E-state index is 14.6. The lowest BCUT2D eigenvalue weighted by Gasteiger charge is -2.50. The van der Waals surface area contributed by atoms with Gasteiger partial charge in [0.15, 0.2) is 0 Å². The number of benzene rings is 2. The molecule has 0 fully saturated rings. The molecule has 0 saturated carbocycles. The third-order valence-corrected chi connectivity index (χ3v) is 12.9. The number of amides is 1. The van der Waals surface area contributed by atoms with Crippen LogP contribution in [0.25, 0.3) is 5.57 Å². The Balaban J connectivity index is 1.82. The third-order valence-electron chi connectivity index (χ3n) is 8.25. The maximum Gasteiger partial charge on any atom is 0.345 e. The first-order valence-corrected chi connectivity index (χ1v) is 17.2. The second-order valence-corrected chi connectivity index (χ2v) is 16.2. The first-order chi connectivity index (χ1) is 22.6. The Labute approximate surface area is 291 Å². The van der Waals surface area contributed by atoms with E-state index in [4.69, 9.17) is 18.9 Å². The lowest BCUT2D eigenvalue weighted by molar-refractivity contribution is -0.138. The number of para-hydroxylation sites is 1. The van der Waals surface area contributed by atoms with Crippen molar-refractivity contribution in [1.82, 2.24) is 0 Å². The summed E-state index contributed by atoms with van der Waals surface area (Å²) in [6.07, 6.45) is 0. The van der Waals surface area contributed by atoms with Gasteiger partial charge in [-0.1, -0.05) is 86.4 Å². The molecule has 0 aliphatic carbocycles. The number of rotatable bonds is 5. The number of ether oxygens (including phenoxy) is 4. The number of esters is 4. The number of anilines is 1. The summed E-state index contributed by atoms with van der Waals surface area (Å²) in [4.78, 5) is 70.1. The topological polar surface area (TPSA) is 126 Å². The normalized spacial score (nSPS) is 17.9. The minimum atomic E-state index is -1.64. The molecule has 0 bridgehead atoms. The Bertz CT molecular complexity index is 1820. The van der Waals surface area contributed by atoms with Crippen molar-refractivity contribution >= 4 is 76.3 Å². The number of fused-ring (bicyclic) bond motifs is 3. The summed E-state index contributed by atoms with van der Waals surface area (Å²) in [7, 11) is 4.72. The van der Waals surface area contributed by atoms with Crippen LogP contribution in [0.3, 0.4) is 0 Å². The molecule has 3 heterocycles. The van der Waals surface area contributed by atoms with Gasteiger partial charge < -0.3 is 18.9 Å². The Morgan fingerprint density at radius 2 is 1.19 bits per heavy atom. The lowest BCUT2D eigenvalue weighted by Crippen LogP contribution is -2.53. The van der Waals surface area contributed by atoms with Crippen LogP contribution in [0.1, 0.15) is 56.1 Å². The number of nitrogens with zero attached hydrogens (tertiary/aromatic N) is 1. The minimum absolute atomic E-state index is 0.104. The SMILES string of the molecule is COC(=O)C1=C(C(=O)OC)SC2(S1)C(C(=O)OC)=C(C(=O)OC)SC1=C2c2ccccc2N(C(=O)c2ccc(C(C)(C)C)cc2)C1(C)C. The summed E-state index contributed by atoms with van der Waals surface area (Å²) >= 11 is 2.77. The number of carbonyl (C=O) groups excluding carboxylic acids is 5. The van der Waals surface area contributed by atoms with Crippen LogP contribution >= 0.6 is 35.3 Å². The van der Waals surface area contributed by atoms with Gasteiger partial charge in [-0.25, -0.2) is 19.2 Å². The summed E-state index contributed by atoms with van der Waals surface area (Å²) in [5, 5.41) is 0. The molecule has 13 heteroatoms. The Hall–Kier alpha value is -3.94. The van der Waals surface area contributed by atoms with Crippen LogP contribution in [0, 0.1) is 0 Å². The van der Waals surface area contributed by atoms with Gasteiger partial charge in [-0.05, 0) is 43.0 Å². The molecule has 0 N–H and O–H groups in total. The molecule has 2 aromatic carbocycles. The molecule has 0 unspecified atom stereocenters. The van der Waals surface area contributed by atoms with Crippen molar-refractivity contribution in [2.24, 2.45) is 0 Å². The van der Waals surface area contributed by atoms with Gasteiger partial charge in [0.05, 0.1) is 45.2 Å². The van der Waals surface area contributed by atoms with Crippen LogP contribution in [0.15, 0.2) is 73.7 Å². The highest BCUT2D eigenvalue weighted by molar-refractivity contribution is 8.26. The molecule has 3 aliphatic heterocycles. The number of hydrogen-bond acceptors (Lipinski definition) is 12. The second-order valence-electron chi connectivity index (χ2n) is 12.5. The predicted molar refractivity (Wildman–Crippen MR) is 187 cm³/mol. The van der Waals surface area contributed by atoms with Gasteiger partial charge in [0.1, 0.15) is 18.8 Å². The second kappa shape index (κ2) is 12.8. The van der Waals surface area contributed by atoms with Crippen LogP contribution in [0.5, 0.6) is 0 Å². The zero-order valence-electron chi connectivity index (χ0n) is 28.0. The monoisotopic (exact) mass is 709 g/mol. The highest BCUT2D eigenvalue weighted by Crippen LogP contribution is 2.71. The first kappa shape index (κ1) is 35.4. The molecular formula is C35H35NO9S3. The fourth-order valence-corrected chi connectivity index (χ4v) is 10.9. The Morgan fingerprint density at radius 1 is 0.688 bits per heavy atom. The summed E-state index contributed by atoms with van der Waals surface area (Å²) in [6, 6.07) is 14.7. The third kappa shape index (κ3) is 5.55. The molecule has 0 atom stereocenters. The van der Waals surface area contributed by atoms with E-state index < -0.39 is 33.5 Å². The Kier molecular flexibility index (Phi) is 9.45. The molecule has 0 aromatic heterocycles. The number of methoxy groups -OCH3 is 4. The van der Waals surface area contributed by atoms with Crippen LogP contribution in [-0.4, -0.2) is 67.8 Å². The number of carbonyl (C=O) groups is 5. The van der Waals surface area contributed by atoms with Crippen molar-refractivity contribution in [1.29, 1.82) is 0 Å². The summed E-state index contributed by atoms with van der Waals surface area (Å²) < 4.78 is 18.9. The van der Waals surface area contributed by atoms with E-state index in [0.29, 0.717) is 27.3 Å². The van der Waals surface area contributed by atoms with E-state index in [2.05, 4.69) is 20.8 Å². The number of hydrogen-bond donors (Lipinski definition) is 0. The smallest absolute Gasteiger partial charge is 0.345 e.